The maximum atomic E-state index is 6.21. The highest BCUT2D eigenvalue weighted by molar-refractivity contribution is 5.78. The molecule has 0 bridgehead atoms. The number of rotatable bonds is 3. The summed E-state index contributed by atoms with van der Waals surface area (Å²) in [7, 11) is 0. The van der Waals surface area contributed by atoms with Gasteiger partial charge in [-0.25, -0.2) is 0 Å². The van der Waals surface area contributed by atoms with Gasteiger partial charge in [0.1, 0.15) is 11.3 Å². The van der Waals surface area contributed by atoms with Crippen molar-refractivity contribution in [3.05, 3.63) is 107 Å². The van der Waals surface area contributed by atoms with Crippen molar-refractivity contribution in [3.63, 3.8) is 0 Å². The van der Waals surface area contributed by atoms with E-state index in [9.17, 15) is 0 Å². The zero-order chi connectivity index (χ0) is 16.5. The van der Waals surface area contributed by atoms with Crippen LogP contribution in [0.1, 0.15) is 33.9 Å². The Hall–Kier alpha value is -2.80. The van der Waals surface area contributed by atoms with Crippen LogP contribution in [-0.2, 0) is 0 Å². The molecule has 3 aromatic carbocycles. The van der Waals surface area contributed by atoms with Crippen molar-refractivity contribution >= 4 is 11.0 Å². The topological polar surface area (TPSA) is 13.1 Å². The average Bonchev–Trinajstić information content (AvgIpc) is 3.03. The fourth-order valence-electron chi connectivity index (χ4n) is 3.26. The van der Waals surface area contributed by atoms with Crippen LogP contribution < -0.4 is 0 Å². The Labute approximate surface area is 142 Å². The van der Waals surface area contributed by atoms with Crippen LogP contribution >= 0.6 is 0 Å². The quantitative estimate of drug-likeness (QED) is 0.437. The van der Waals surface area contributed by atoms with Gasteiger partial charge in [-0.2, -0.15) is 0 Å². The number of para-hydroxylation sites is 1. The lowest BCUT2D eigenvalue weighted by Gasteiger charge is -2.17. The molecule has 0 saturated heterocycles. The predicted octanol–water partition coefficient (Wildman–Crippen LogP) is 6.23. The number of hydrogen-bond donors (Lipinski definition) is 0. The van der Waals surface area contributed by atoms with Gasteiger partial charge in [0.2, 0.25) is 0 Å². The minimum Gasteiger partial charge on any atom is -0.460 e. The Bertz CT molecular complexity index is 946. The molecule has 1 atom stereocenters. The zero-order valence-corrected chi connectivity index (χ0v) is 14.0. The van der Waals surface area contributed by atoms with Gasteiger partial charge in [-0.3, -0.25) is 0 Å². The molecule has 4 aromatic rings. The van der Waals surface area contributed by atoms with Crippen LogP contribution in [0.4, 0.5) is 0 Å². The van der Waals surface area contributed by atoms with E-state index >= 15 is 0 Å². The summed E-state index contributed by atoms with van der Waals surface area (Å²) in [5.41, 5.74) is 6.08. The van der Waals surface area contributed by atoms with Gasteiger partial charge >= 0.3 is 0 Å². The van der Waals surface area contributed by atoms with Crippen LogP contribution in [-0.4, -0.2) is 0 Å². The molecule has 0 saturated carbocycles. The van der Waals surface area contributed by atoms with E-state index < -0.39 is 0 Å². The minimum atomic E-state index is 0.109. The molecule has 0 aliphatic heterocycles. The van der Waals surface area contributed by atoms with Crippen LogP contribution in [0.2, 0.25) is 0 Å². The maximum Gasteiger partial charge on any atom is 0.134 e. The molecule has 118 valence electrons. The van der Waals surface area contributed by atoms with Gasteiger partial charge in [0.05, 0.1) is 5.92 Å². The van der Waals surface area contributed by atoms with Crippen molar-refractivity contribution in [1.82, 2.24) is 0 Å². The van der Waals surface area contributed by atoms with Crippen LogP contribution in [0.3, 0.4) is 0 Å². The summed E-state index contributed by atoms with van der Waals surface area (Å²) >= 11 is 0. The monoisotopic (exact) mass is 312 g/mol. The van der Waals surface area contributed by atoms with Crippen molar-refractivity contribution in [3.8, 4) is 0 Å². The minimum absolute atomic E-state index is 0.109. The number of hydrogen-bond acceptors (Lipinski definition) is 1. The molecule has 1 aromatic heterocycles. The highest BCUT2D eigenvalue weighted by atomic mass is 16.3. The van der Waals surface area contributed by atoms with E-state index in [1.54, 1.807) is 0 Å². The third-order valence-electron chi connectivity index (χ3n) is 4.73. The van der Waals surface area contributed by atoms with Gasteiger partial charge in [0, 0.05) is 5.39 Å². The van der Waals surface area contributed by atoms with E-state index in [2.05, 4.69) is 80.6 Å². The van der Waals surface area contributed by atoms with Crippen LogP contribution in [0.15, 0.2) is 83.3 Å². The lowest BCUT2D eigenvalue weighted by Crippen LogP contribution is -2.03. The first-order chi connectivity index (χ1) is 11.7. The Morgan fingerprint density at radius 1 is 0.667 bits per heavy atom. The molecule has 1 heterocycles. The van der Waals surface area contributed by atoms with Crippen molar-refractivity contribution in [2.45, 2.75) is 19.8 Å². The molecular formula is C23H20O. The summed E-state index contributed by atoms with van der Waals surface area (Å²) in [5, 5.41) is 1.15. The highest BCUT2D eigenvalue weighted by Gasteiger charge is 2.21. The summed E-state index contributed by atoms with van der Waals surface area (Å²) in [6.45, 7) is 4.32. The molecule has 0 radical (unpaired) electrons. The number of benzene rings is 3. The standard InChI is InChI=1S/C23H20O/c1-16-12-13-20(14-17(16)2)23(18-8-4-3-5-9-18)22-15-19-10-6-7-11-21(19)24-22/h3-15,23H,1-2H3. The van der Waals surface area contributed by atoms with Gasteiger partial charge in [0.25, 0.3) is 0 Å². The maximum absolute atomic E-state index is 6.21. The molecule has 1 heteroatoms. The van der Waals surface area contributed by atoms with Crippen molar-refractivity contribution in [2.75, 3.05) is 0 Å². The second-order valence-electron chi connectivity index (χ2n) is 6.37. The second kappa shape index (κ2) is 6.01. The number of furan rings is 1. The van der Waals surface area contributed by atoms with E-state index in [4.69, 9.17) is 4.42 Å². The zero-order valence-electron chi connectivity index (χ0n) is 14.0. The summed E-state index contributed by atoms with van der Waals surface area (Å²) in [6, 6.07) is 27.6. The molecule has 0 amide bonds. The predicted molar refractivity (Wildman–Crippen MR) is 99.5 cm³/mol. The second-order valence-corrected chi connectivity index (χ2v) is 6.37. The van der Waals surface area contributed by atoms with Gasteiger partial charge in [-0.15, -0.1) is 0 Å². The van der Waals surface area contributed by atoms with E-state index in [1.807, 2.05) is 12.1 Å². The van der Waals surface area contributed by atoms with Crippen LogP contribution in [0.25, 0.3) is 11.0 Å². The SMILES string of the molecule is Cc1ccc(C(c2ccccc2)c2cc3ccccc3o2)cc1C. The van der Waals surface area contributed by atoms with Crippen LogP contribution in [0.5, 0.6) is 0 Å². The molecule has 4 rings (SSSR count). The highest BCUT2D eigenvalue weighted by Crippen LogP contribution is 2.35. The van der Waals surface area contributed by atoms with Crippen molar-refractivity contribution in [1.29, 1.82) is 0 Å². The molecule has 1 unspecified atom stereocenters. The average molecular weight is 312 g/mol. The summed E-state index contributed by atoms with van der Waals surface area (Å²) in [5.74, 6) is 1.10. The van der Waals surface area contributed by atoms with E-state index in [0.717, 1.165) is 16.7 Å². The Morgan fingerprint density at radius 3 is 2.17 bits per heavy atom. The Balaban J connectivity index is 1.91. The molecule has 0 aliphatic rings. The first-order valence-electron chi connectivity index (χ1n) is 8.33. The first-order valence-corrected chi connectivity index (χ1v) is 8.33. The third kappa shape index (κ3) is 2.63. The third-order valence-corrected chi connectivity index (χ3v) is 4.73. The molecule has 0 N–H and O–H groups in total. The lowest BCUT2D eigenvalue weighted by molar-refractivity contribution is 0.541. The molecule has 0 spiro atoms. The number of fused-ring (bicyclic) bond motifs is 1. The summed E-state index contributed by atoms with van der Waals surface area (Å²) in [4.78, 5) is 0. The lowest BCUT2D eigenvalue weighted by atomic mass is 9.87. The Kier molecular flexibility index (Phi) is 3.70. The summed E-state index contributed by atoms with van der Waals surface area (Å²) in [6.07, 6.45) is 0. The smallest absolute Gasteiger partial charge is 0.134 e. The number of aryl methyl sites for hydroxylation is 2. The molecular weight excluding hydrogens is 292 g/mol. The Morgan fingerprint density at radius 2 is 1.42 bits per heavy atom. The molecule has 0 fully saturated rings. The first kappa shape index (κ1) is 14.8. The fraction of sp³-hybridized carbons (Fsp3) is 0.130. The summed E-state index contributed by atoms with van der Waals surface area (Å²) < 4.78 is 6.21. The normalized spacial score (nSPS) is 12.4. The van der Waals surface area contributed by atoms with E-state index in [-0.39, 0.29) is 5.92 Å². The van der Waals surface area contributed by atoms with Gasteiger partial charge in [0.15, 0.2) is 0 Å². The molecule has 24 heavy (non-hydrogen) atoms. The van der Waals surface area contributed by atoms with Gasteiger partial charge < -0.3 is 4.42 Å². The van der Waals surface area contributed by atoms with Crippen LogP contribution in [0, 0.1) is 13.8 Å². The van der Waals surface area contributed by atoms with E-state index in [1.165, 1.54) is 22.3 Å². The van der Waals surface area contributed by atoms with Crippen molar-refractivity contribution in [2.24, 2.45) is 0 Å². The molecule has 1 nitrogen and oxygen atoms in total. The molecule has 0 aliphatic carbocycles. The van der Waals surface area contributed by atoms with E-state index in [0.29, 0.717) is 0 Å². The van der Waals surface area contributed by atoms with Crippen molar-refractivity contribution < 1.29 is 4.42 Å². The fourth-order valence-corrected chi connectivity index (χ4v) is 3.26. The van der Waals surface area contributed by atoms with Gasteiger partial charge in [-0.05, 0) is 48.2 Å². The largest absolute Gasteiger partial charge is 0.460 e. The van der Waals surface area contributed by atoms with Gasteiger partial charge in [-0.1, -0.05) is 66.7 Å².